The average Bonchev–Trinajstić information content (AvgIpc) is 2.70. The van der Waals surface area contributed by atoms with Crippen LogP contribution in [0.15, 0.2) is 0 Å². The first-order chi connectivity index (χ1) is 8.10. The van der Waals surface area contributed by atoms with Crippen molar-refractivity contribution < 1.29 is 19.1 Å². The van der Waals surface area contributed by atoms with Crippen molar-refractivity contribution in [3.8, 4) is 6.07 Å². The van der Waals surface area contributed by atoms with Gasteiger partial charge in [0.15, 0.2) is 0 Å². The topological polar surface area (TPSA) is 100 Å². The maximum Gasteiger partial charge on any atom is 0.407 e. The highest BCUT2D eigenvalue weighted by Gasteiger charge is 2.36. The van der Waals surface area contributed by atoms with E-state index in [0.717, 1.165) is 0 Å². The van der Waals surface area contributed by atoms with E-state index < -0.39 is 12.2 Å². The Balaban J connectivity index is 2.53. The lowest BCUT2D eigenvalue weighted by Crippen LogP contribution is -2.38. The van der Waals surface area contributed by atoms with Crippen molar-refractivity contribution >= 4 is 12.2 Å². The van der Waals surface area contributed by atoms with Crippen molar-refractivity contribution in [2.45, 2.75) is 24.9 Å². The quantitative estimate of drug-likeness (QED) is 0.727. The van der Waals surface area contributed by atoms with Crippen molar-refractivity contribution in [1.29, 1.82) is 5.26 Å². The van der Waals surface area contributed by atoms with Gasteiger partial charge < -0.3 is 20.1 Å². The molecule has 3 atom stereocenters. The second-order valence-electron chi connectivity index (χ2n) is 3.78. The molecular weight excluding hydrogens is 226 g/mol. The maximum atomic E-state index is 11.1. The van der Waals surface area contributed by atoms with Gasteiger partial charge in [0, 0.05) is 6.04 Å². The van der Waals surface area contributed by atoms with Crippen molar-refractivity contribution in [3.63, 3.8) is 0 Å². The molecule has 1 saturated carbocycles. The summed E-state index contributed by atoms with van der Waals surface area (Å²) in [7, 11) is 2.53. The lowest BCUT2D eigenvalue weighted by atomic mass is 10.1. The highest BCUT2D eigenvalue weighted by molar-refractivity contribution is 5.68. The van der Waals surface area contributed by atoms with Crippen LogP contribution < -0.4 is 10.6 Å². The summed E-state index contributed by atoms with van der Waals surface area (Å²) in [5.74, 6) is -0.337. The molecule has 0 spiro atoms. The molecule has 1 aliphatic rings. The van der Waals surface area contributed by atoms with Crippen molar-refractivity contribution in [2.75, 3.05) is 14.2 Å². The van der Waals surface area contributed by atoms with Crippen LogP contribution in [0.25, 0.3) is 0 Å². The van der Waals surface area contributed by atoms with Gasteiger partial charge in [0.05, 0.1) is 32.2 Å². The van der Waals surface area contributed by atoms with Gasteiger partial charge in [-0.05, 0) is 12.8 Å². The Kier molecular flexibility index (Phi) is 4.57. The molecule has 0 aromatic heterocycles. The van der Waals surface area contributed by atoms with Gasteiger partial charge in [0.1, 0.15) is 0 Å². The SMILES string of the molecule is COC(=O)NC1CC(C#N)C(NC(=O)OC)C1. The normalized spacial score (nSPS) is 26.8. The predicted octanol–water partition coefficient (Wildman–Crippen LogP) is 0.369. The van der Waals surface area contributed by atoms with E-state index in [4.69, 9.17) is 5.26 Å². The molecule has 0 heterocycles. The van der Waals surface area contributed by atoms with Crippen LogP contribution in [0.2, 0.25) is 0 Å². The molecule has 0 bridgehead atoms. The number of hydrogen-bond donors (Lipinski definition) is 2. The van der Waals surface area contributed by atoms with Crippen LogP contribution in [0.4, 0.5) is 9.59 Å². The molecule has 7 nitrogen and oxygen atoms in total. The summed E-state index contributed by atoms with van der Waals surface area (Å²) in [4.78, 5) is 22.1. The molecule has 94 valence electrons. The minimum absolute atomic E-state index is 0.172. The first-order valence-electron chi connectivity index (χ1n) is 5.19. The number of nitrogens with zero attached hydrogens (tertiary/aromatic N) is 1. The Labute approximate surface area is 99.1 Å². The summed E-state index contributed by atoms with van der Waals surface area (Å²) in [5, 5.41) is 14.1. The van der Waals surface area contributed by atoms with Gasteiger partial charge in [0.2, 0.25) is 0 Å². The summed E-state index contributed by atoms with van der Waals surface area (Å²) >= 11 is 0. The third-order valence-corrected chi connectivity index (χ3v) is 2.72. The van der Waals surface area contributed by atoms with Crippen LogP contribution in [0.3, 0.4) is 0 Å². The Morgan fingerprint density at radius 2 is 1.76 bits per heavy atom. The monoisotopic (exact) mass is 241 g/mol. The van der Waals surface area contributed by atoms with Crippen molar-refractivity contribution in [3.05, 3.63) is 0 Å². The summed E-state index contributed by atoms with van der Waals surface area (Å²) in [5.41, 5.74) is 0. The Bertz CT molecular complexity index is 339. The van der Waals surface area contributed by atoms with Crippen LogP contribution in [0.1, 0.15) is 12.8 Å². The Hall–Kier alpha value is -1.97. The first-order valence-corrected chi connectivity index (χ1v) is 5.19. The third kappa shape index (κ3) is 3.52. The predicted molar refractivity (Wildman–Crippen MR) is 57.0 cm³/mol. The number of carbonyl (C=O) groups excluding carboxylic acids is 2. The van der Waals surface area contributed by atoms with Gasteiger partial charge in [-0.15, -0.1) is 0 Å². The molecule has 0 saturated heterocycles. The molecule has 17 heavy (non-hydrogen) atoms. The number of ether oxygens (including phenoxy) is 2. The lowest BCUT2D eigenvalue weighted by molar-refractivity contribution is 0.164. The Morgan fingerprint density at radius 1 is 1.18 bits per heavy atom. The number of hydrogen-bond acceptors (Lipinski definition) is 5. The number of rotatable bonds is 2. The van der Waals surface area contributed by atoms with Crippen LogP contribution in [-0.2, 0) is 9.47 Å². The third-order valence-electron chi connectivity index (χ3n) is 2.72. The summed E-state index contributed by atoms with van der Waals surface area (Å²) in [6, 6.07) is 1.62. The van der Waals surface area contributed by atoms with Gasteiger partial charge >= 0.3 is 12.2 Å². The molecule has 0 aromatic carbocycles. The second kappa shape index (κ2) is 5.94. The molecular formula is C10H15N3O4. The summed E-state index contributed by atoms with van der Waals surface area (Å²) in [6.45, 7) is 0. The van der Waals surface area contributed by atoms with E-state index >= 15 is 0 Å². The highest BCUT2D eigenvalue weighted by Crippen LogP contribution is 2.25. The van der Waals surface area contributed by atoms with Crippen molar-refractivity contribution in [2.24, 2.45) is 5.92 Å². The first kappa shape index (κ1) is 13.1. The fourth-order valence-electron chi connectivity index (χ4n) is 1.89. The van der Waals surface area contributed by atoms with Crippen LogP contribution in [0.5, 0.6) is 0 Å². The zero-order valence-electron chi connectivity index (χ0n) is 9.73. The molecule has 2 N–H and O–H groups in total. The maximum absolute atomic E-state index is 11.1. The highest BCUT2D eigenvalue weighted by atomic mass is 16.5. The van der Waals surface area contributed by atoms with Gasteiger partial charge in [0.25, 0.3) is 0 Å². The van der Waals surface area contributed by atoms with Crippen LogP contribution in [0, 0.1) is 17.2 Å². The molecule has 0 radical (unpaired) electrons. The number of carbonyl (C=O) groups is 2. The molecule has 1 fully saturated rings. The van der Waals surface area contributed by atoms with Crippen molar-refractivity contribution in [1.82, 2.24) is 10.6 Å². The van der Waals surface area contributed by atoms with Gasteiger partial charge in [-0.25, -0.2) is 9.59 Å². The fourth-order valence-corrected chi connectivity index (χ4v) is 1.89. The zero-order chi connectivity index (χ0) is 12.8. The van der Waals surface area contributed by atoms with E-state index in [1.165, 1.54) is 14.2 Å². The molecule has 2 amide bonds. The minimum atomic E-state index is -0.575. The Morgan fingerprint density at radius 3 is 2.29 bits per heavy atom. The minimum Gasteiger partial charge on any atom is -0.453 e. The molecule has 1 aliphatic carbocycles. The number of amides is 2. The van der Waals surface area contributed by atoms with E-state index in [9.17, 15) is 9.59 Å². The molecule has 7 heteroatoms. The number of nitrogens with one attached hydrogen (secondary N) is 2. The standard InChI is InChI=1S/C10H15N3O4/c1-16-9(14)12-7-3-6(5-11)8(4-7)13-10(15)17-2/h6-8H,3-4H2,1-2H3,(H,12,14)(H,13,15). The average molecular weight is 241 g/mol. The fraction of sp³-hybridized carbons (Fsp3) is 0.700. The van der Waals surface area contributed by atoms with E-state index in [1.54, 1.807) is 0 Å². The van der Waals surface area contributed by atoms with E-state index in [2.05, 4.69) is 26.2 Å². The van der Waals surface area contributed by atoms with Crippen LogP contribution >= 0.6 is 0 Å². The zero-order valence-corrected chi connectivity index (χ0v) is 9.73. The summed E-state index contributed by atoms with van der Waals surface area (Å²) in [6.07, 6.45) is -0.137. The van der Waals surface area contributed by atoms with Gasteiger partial charge in [-0.2, -0.15) is 5.26 Å². The molecule has 0 aliphatic heterocycles. The smallest absolute Gasteiger partial charge is 0.407 e. The number of methoxy groups -OCH3 is 2. The molecule has 3 unspecified atom stereocenters. The summed E-state index contributed by atoms with van der Waals surface area (Å²) < 4.78 is 8.94. The van der Waals surface area contributed by atoms with Crippen LogP contribution in [-0.4, -0.2) is 38.5 Å². The van der Waals surface area contributed by atoms with E-state index in [1.807, 2.05) is 0 Å². The number of alkyl carbamates (subject to hydrolysis) is 2. The van der Waals surface area contributed by atoms with Gasteiger partial charge in [-0.3, -0.25) is 0 Å². The van der Waals surface area contributed by atoms with E-state index in [-0.39, 0.29) is 18.0 Å². The largest absolute Gasteiger partial charge is 0.453 e. The van der Waals surface area contributed by atoms with E-state index in [0.29, 0.717) is 12.8 Å². The second-order valence-corrected chi connectivity index (χ2v) is 3.78. The number of nitriles is 1. The molecule has 1 rings (SSSR count). The lowest BCUT2D eigenvalue weighted by Gasteiger charge is -2.14. The van der Waals surface area contributed by atoms with Gasteiger partial charge in [-0.1, -0.05) is 0 Å². The molecule has 0 aromatic rings.